The first-order valence-electron chi connectivity index (χ1n) is 9.50. The Morgan fingerprint density at radius 2 is 2.06 bits per heavy atom. The van der Waals surface area contributed by atoms with Gasteiger partial charge in [0.2, 0.25) is 0 Å². The van der Waals surface area contributed by atoms with Crippen LogP contribution in [0.15, 0.2) is 66.9 Å². The number of aromatic nitrogens is 1. The van der Waals surface area contributed by atoms with Gasteiger partial charge in [0.1, 0.15) is 5.75 Å². The lowest BCUT2D eigenvalue weighted by molar-refractivity contribution is -0.385. The molecular weight excluding hydrogens is 437 g/mol. The standard InChI is InChI=1S/C22H18FN3O5S/c1-2-13(22-29-9-10-30-22)3-5-16(24)20-12-17-21(32-20)19(7-8-25-17)31-18-6-4-14(26(27)28)11-15(18)23/h2-8,11-12,22H,1,9-10,24H2/b13-3+,16-5-. The van der Waals surface area contributed by atoms with Crippen LogP contribution in [-0.2, 0) is 9.47 Å². The van der Waals surface area contributed by atoms with Crippen LogP contribution in [-0.4, -0.2) is 29.4 Å². The second-order valence-electron chi connectivity index (χ2n) is 6.67. The first kappa shape index (κ1) is 21.6. The normalized spacial score (nSPS) is 15.3. The molecule has 2 aromatic heterocycles. The molecule has 32 heavy (non-hydrogen) atoms. The minimum Gasteiger partial charge on any atom is -0.453 e. The molecule has 0 unspecified atom stereocenters. The number of nitrogens with two attached hydrogens (primary N) is 1. The number of fused-ring (bicyclic) bond motifs is 1. The third kappa shape index (κ3) is 4.52. The van der Waals surface area contributed by atoms with Gasteiger partial charge in [-0.05, 0) is 18.2 Å². The Hall–Kier alpha value is -3.60. The van der Waals surface area contributed by atoms with Gasteiger partial charge < -0.3 is 19.9 Å². The third-order valence-corrected chi connectivity index (χ3v) is 5.78. The van der Waals surface area contributed by atoms with Gasteiger partial charge in [0.25, 0.3) is 5.69 Å². The Morgan fingerprint density at radius 1 is 1.28 bits per heavy atom. The average Bonchev–Trinajstić information content (AvgIpc) is 3.46. The number of benzene rings is 1. The Bertz CT molecular complexity index is 1250. The van der Waals surface area contributed by atoms with Crippen molar-refractivity contribution in [1.29, 1.82) is 0 Å². The van der Waals surface area contributed by atoms with Crippen LogP contribution in [0, 0.1) is 15.9 Å². The van der Waals surface area contributed by atoms with Gasteiger partial charge in [0, 0.05) is 29.6 Å². The summed E-state index contributed by atoms with van der Waals surface area (Å²) in [5.41, 5.74) is 7.75. The zero-order valence-corrected chi connectivity index (χ0v) is 17.5. The van der Waals surface area contributed by atoms with Gasteiger partial charge in [0.05, 0.1) is 39.3 Å². The first-order chi connectivity index (χ1) is 15.5. The maximum absolute atomic E-state index is 14.3. The predicted octanol–water partition coefficient (Wildman–Crippen LogP) is 4.92. The summed E-state index contributed by atoms with van der Waals surface area (Å²) in [7, 11) is 0. The molecule has 0 atom stereocenters. The highest BCUT2D eigenvalue weighted by Crippen LogP contribution is 2.37. The van der Waals surface area contributed by atoms with Crippen LogP contribution in [0.2, 0.25) is 0 Å². The highest BCUT2D eigenvalue weighted by Gasteiger charge is 2.18. The number of thiophene rings is 1. The number of nitro groups is 1. The van der Waals surface area contributed by atoms with Crippen molar-refractivity contribution in [2.45, 2.75) is 6.29 Å². The van der Waals surface area contributed by atoms with Gasteiger partial charge in [-0.3, -0.25) is 15.1 Å². The van der Waals surface area contributed by atoms with Crippen LogP contribution in [0.1, 0.15) is 4.88 Å². The zero-order valence-electron chi connectivity index (χ0n) is 16.7. The van der Waals surface area contributed by atoms with Gasteiger partial charge in [-0.15, -0.1) is 11.3 Å². The summed E-state index contributed by atoms with van der Waals surface area (Å²) in [5, 5.41) is 10.8. The van der Waals surface area contributed by atoms with Crippen molar-refractivity contribution in [1.82, 2.24) is 4.98 Å². The van der Waals surface area contributed by atoms with E-state index in [1.807, 2.05) is 0 Å². The Balaban J connectivity index is 1.62. The maximum Gasteiger partial charge on any atom is 0.272 e. The third-order valence-electron chi connectivity index (χ3n) is 4.59. The second kappa shape index (κ2) is 9.27. The van der Waals surface area contributed by atoms with Crippen LogP contribution in [0.4, 0.5) is 10.1 Å². The smallest absolute Gasteiger partial charge is 0.272 e. The molecule has 164 valence electrons. The van der Waals surface area contributed by atoms with Crippen LogP contribution in [0.3, 0.4) is 0 Å². The molecule has 2 N–H and O–H groups in total. The second-order valence-corrected chi connectivity index (χ2v) is 7.73. The molecule has 0 radical (unpaired) electrons. The molecule has 8 nitrogen and oxygen atoms in total. The molecular formula is C22H18FN3O5S. The SMILES string of the molecule is C=C/C(=C\C=C(/N)c1cc2nccc(Oc3ccc([N+](=O)[O-])cc3F)c2s1)C1OCCO1. The van der Waals surface area contributed by atoms with Crippen molar-refractivity contribution in [3.63, 3.8) is 0 Å². The van der Waals surface area contributed by atoms with Crippen molar-refractivity contribution < 1.29 is 23.5 Å². The molecule has 0 bridgehead atoms. The fraction of sp³-hybridized carbons (Fsp3) is 0.136. The summed E-state index contributed by atoms with van der Waals surface area (Å²) in [6.07, 6.45) is 6.22. The van der Waals surface area contributed by atoms with E-state index in [1.54, 1.807) is 30.4 Å². The minimum absolute atomic E-state index is 0.128. The maximum atomic E-state index is 14.3. The molecule has 3 aromatic rings. The molecule has 0 spiro atoms. The molecule has 4 rings (SSSR count). The van der Waals surface area contributed by atoms with Gasteiger partial charge >= 0.3 is 0 Å². The lowest BCUT2D eigenvalue weighted by Gasteiger charge is -2.09. The monoisotopic (exact) mass is 455 g/mol. The van der Waals surface area contributed by atoms with E-state index in [0.29, 0.717) is 34.9 Å². The molecule has 0 aliphatic carbocycles. The fourth-order valence-electron chi connectivity index (χ4n) is 3.00. The molecule has 1 aliphatic rings. The van der Waals surface area contributed by atoms with Crippen LogP contribution >= 0.6 is 11.3 Å². The van der Waals surface area contributed by atoms with E-state index >= 15 is 0 Å². The summed E-state index contributed by atoms with van der Waals surface area (Å²) in [4.78, 5) is 15.2. The first-order valence-corrected chi connectivity index (χ1v) is 10.3. The van der Waals surface area contributed by atoms with E-state index in [9.17, 15) is 14.5 Å². The molecule has 0 saturated carbocycles. The summed E-state index contributed by atoms with van der Waals surface area (Å²) >= 11 is 1.33. The van der Waals surface area contributed by atoms with Crippen molar-refractivity contribution >= 4 is 32.9 Å². The highest BCUT2D eigenvalue weighted by atomic mass is 32.1. The van der Waals surface area contributed by atoms with Crippen molar-refractivity contribution in [2.75, 3.05) is 13.2 Å². The minimum atomic E-state index is -0.834. The lowest BCUT2D eigenvalue weighted by Crippen LogP contribution is -2.09. The van der Waals surface area contributed by atoms with E-state index in [0.717, 1.165) is 16.5 Å². The summed E-state index contributed by atoms with van der Waals surface area (Å²) in [6.45, 7) is 4.82. The number of hydrogen-bond donors (Lipinski definition) is 1. The number of nitro benzene ring substituents is 1. The van der Waals surface area contributed by atoms with E-state index in [1.165, 1.54) is 29.7 Å². The molecule has 1 aliphatic heterocycles. The van der Waals surface area contributed by atoms with Gasteiger partial charge in [-0.25, -0.2) is 4.39 Å². The van der Waals surface area contributed by atoms with Crippen LogP contribution < -0.4 is 10.5 Å². The van der Waals surface area contributed by atoms with Crippen LogP contribution in [0.5, 0.6) is 11.5 Å². The summed E-state index contributed by atoms with van der Waals surface area (Å²) in [5.74, 6) is -0.600. The van der Waals surface area contributed by atoms with E-state index in [4.69, 9.17) is 19.9 Å². The summed E-state index contributed by atoms with van der Waals surface area (Å²) < 4.78 is 31.5. The largest absolute Gasteiger partial charge is 0.453 e. The Labute approximate surface area is 186 Å². The number of ether oxygens (including phenoxy) is 3. The van der Waals surface area contributed by atoms with Gasteiger partial charge in [-0.1, -0.05) is 18.7 Å². The number of pyridine rings is 1. The van der Waals surface area contributed by atoms with E-state index in [2.05, 4.69) is 11.6 Å². The number of allylic oxidation sites excluding steroid dienone is 2. The van der Waals surface area contributed by atoms with Crippen LogP contribution in [0.25, 0.3) is 15.9 Å². The quantitative estimate of drug-likeness (QED) is 0.306. The van der Waals surface area contributed by atoms with Gasteiger partial charge in [-0.2, -0.15) is 0 Å². The Morgan fingerprint density at radius 3 is 2.75 bits per heavy atom. The van der Waals surface area contributed by atoms with E-state index in [-0.39, 0.29) is 11.4 Å². The van der Waals surface area contributed by atoms with Gasteiger partial charge in [0.15, 0.2) is 17.9 Å². The summed E-state index contributed by atoms with van der Waals surface area (Å²) in [6, 6.07) is 6.61. The van der Waals surface area contributed by atoms with Crippen molar-refractivity contribution in [3.8, 4) is 11.5 Å². The molecule has 0 amide bonds. The Kier molecular flexibility index (Phi) is 6.26. The number of non-ortho nitro benzene ring substituents is 1. The number of halogens is 1. The molecule has 1 aromatic carbocycles. The fourth-order valence-corrected chi connectivity index (χ4v) is 4.01. The average molecular weight is 455 g/mol. The highest BCUT2D eigenvalue weighted by molar-refractivity contribution is 7.20. The van der Waals surface area contributed by atoms with Crippen molar-refractivity contribution in [3.05, 3.63) is 87.7 Å². The molecule has 1 fully saturated rings. The predicted molar refractivity (Wildman–Crippen MR) is 119 cm³/mol. The zero-order chi connectivity index (χ0) is 22.7. The molecule has 10 heteroatoms. The topological polar surface area (TPSA) is 110 Å². The number of hydrogen-bond acceptors (Lipinski definition) is 8. The lowest BCUT2D eigenvalue weighted by atomic mass is 10.2. The molecule has 3 heterocycles. The number of rotatable bonds is 7. The molecule has 1 saturated heterocycles. The van der Waals surface area contributed by atoms with Crippen molar-refractivity contribution in [2.24, 2.45) is 5.73 Å². The van der Waals surface area contributed by atoms with E-state index < -0.39 is 17.0 Å². The number of nitrogens with zero attached hydrogens (tertiary/aromatic N) is 2.